The van der Waals surface area contributed by atoms with Gasteiger partial charge in [-0.05, 0) is 71.3 Å². The molecule has 16 nitrogen and oxygen atoms in total. The number of aliphatic hydroxyl groups is 2. The topological polar surface area (TPSA) is 232 Å². The van der Waals surface area contributed by atoms with Crippen molar-refractivity contribution in [2.75, 3.05) is 14.2 Å². The van der Waals surface area contributed by atoms with Gasteiger partial charge in [0.1, 0.15) is 0 Å². The second kappa shape index (κ2) is 28.4. The molecule has 0 aliphatic carbocycles. The van der Waals surface area contributed by atoms with Crippen LogP contribution < -0.4 is 18.9 Å². The largest absolute Gasteiger partial charge is 1.00 e. The van der Waals surface area contributed by atoms with E-state index in [0.717, 1.165) is 51.1 Å². The number of methoxy groups -OCH3 is 1. The Morgan fingerprint density at radius 3 is 1.24 bits per heavy atom. The minimum Gasteiger partial charge on any atom is -1.00 e. The van der Waals surface area contributed by atoms with E-state index in [0.29, 0.717) is 66.5 Å². The zero-order chi connectivity index (χ0) is 51.3. The maximum absolute atomic E-state index is 11.9. The number of esters is 1. The van der Waals surface area contributed by atoms with E-state index in [2.05, 4.69) is 15.3 Å². The number of carboxylic acids is 1. The molecule has 0 unspecified atom stereocenters. The molecule has 0 atom stereocenters. The molecule has 0 saturated carbocycles. The van der Waals surface area contributed by atoms with E-state index in [1.165, 1.54) is 7.11 Å². The summed E-state index contributed by atoms with van der Waals surface area (Å²) in [6.45, 7) is 1.27. The predicted molar refractivity (Wildman–Crippen MR) is 279 cm³/mol. The molecule has 0 aliphatic rings. The minimum absolute atomic E-state index is 0. The summed E-state index contributed by atoms with van der Waals surface area (Å²) in [6, 6.07) is 38.4. The Balaban J connectivity index is 0.000000346. The summed E-state index contributed by atoms with van der Waals surface area (Å²) in [6.07, 6.45) is 0. The maximum atomic E-state index is 11.9. The molecule has 371 valence electrons. The third-order valence-corrected chi connectivity index (χ3v) is 11.5. The molecule has 0 amide bonds. The molecule has 25 heteroatoms. The molecule has 9 rings (SSSR count). The van der Waals surface area contributed by atoms with Crippen molar-refractivity contribution in [3.63, 3.8) is 0 Å². The van der Waals surface area contributed by atoms with Crippen LogP contribution in [0.25, 0.3) is 32.7 Å². The molecule has 72 heavy (non-hydrogen) atoms. The molecule has 0 bridgehead atoms. The predicted octanol–water partition coefficient (Wildman–Crippen LogP) is 7.84. The smallest absolute Gasteiger partial charge is 1.00 e. The van der Waals surface area contributed by atoms with Crippen LogP contribution in [-0.2, 0) is 41.4 Å². The number of para-hydroxylation sites is 3. The van der Waals surface area contributed by atoms with E-state index in [-0.39, 0.29) is 41.0 Å². The number of aromatic nitrogens is 6. The summed E-state index contributed by atoms with van der Waals surface area (Å²) >= 11 is 36.3. The Labute approximate surface area is 458 Å². The van der Waals surface area contributed by atoms with Crippen molar-refractivity contribution in [2.45, 2.75) is 26.2 Å². The molecular weight excluding hydrogens is 1070 g/mol. The first-order valence-electron chi connectivity index (χ1n) is 20.1. The van der Waals surface area contributed by atoms with Gasteiger partial charge in [0.25, 0.3) is 0 Å². The van der Waals surface area contributed by atoms with Crippen LogP contribution >= 0.6 is 69.6 Å². The van der Waals surface area contributed by atoms with Crippen LogP contribution in [0.4, 0.5) is 0 Å². The number of halogens is 6. The van der Waals surface area contributed by atoms with Crippen LogP contribution in [0.3, 0.4) is 0 Å². The second-order valence-corrected chi connectivity index (χ2v) is 17.7. The molecule has 9 aromatic rings. The van der Waals surface area contributed by atoms with Gasteiger partial charge in [-0.15, -0.1) is 0 Å². The van der Waals surface area contributed by atoms with E-state index in [1.807, 2.05) is 83.5 Å². The second-order valence-electron chi connectivity index (χ2n) is 14.3. The number of aliphatic hydroxyl groups excluding tert-OH is 2. The summed E-state index contributed by atoms with van der Waals surface area (Å²) in [5.74, 6) is -1.51. The van der Waals surface area contributed by atoms with Gasteiger partial charge in [0.05, 0.1) is 55.6 Å². The minimum atomic E-state index is -4.67. The van der Waals surface area contributed by atoms with Gasteiger partial charge in [0.2, 0.25) is 0 Å². The van der Waals surface area contributed by atoms with Crippen LogP contribution in [-0.4, -0.2) is 96.8 Å². The molecule has 6 aromatic carbocycles. The first kappa shape index (κ1) is 61.2. The summed E-state index contributed by atoms with van der Waals surface area (Å²) in [5, 5.41) is 44.4. The summed E-state index contributed by atoms with van der Waals surface area (Å²) in [4.78, 5) is 23.1. The van der Waals surface area contributed by atoms with Crippen molar-refractivity contribution in [3.8, 4) is 0 Å². The first-order chi connectivity index (χ1) is 33.3. The van der Waals surface area contributed by atoms with Gasteiger partial charge < -0.3 is 21.5 Å². The third kappa shape index (κ3) is 16.4. The van der Waals surface area contributed by atoms with E-state index < -0.39 is 22.3 Å². The number of hydrogen-bond acceptors (Lipinski definition) is 10. The van der Waals surface area contributed by atoms with Gasteiger partial charge in [-0.25, -0.2) is 9.59 Å². The fraction of sp³-hybridized carbons (Fsp3) is 0.128. The number of aromatic carboxylic acids is 1. The number of ether oxygens (including phenoxy) is 1. The van der Waals surface area contributed by atoms with Gasteiger partial charge in [0, 0.05) is 61.8 Å². The van der Waals surface area contributed by atoms with Crippen molar-refractivity contribution in [1.29, 1.82) is 0 Å². The molecule has 0 saturated heterocycles. The molecule has 0 spiro atoms. The van der Waals surface area contributed by atoms with Crippen LogP contribution in [0, 0.1) is 0 Å². The van der Waals surface area contributed by atoms with Crippen molar-refractivity contribution in [2.24, 2.45) is 0 Å². The molecule has 3 heterocycles. The van der Waals surface area contributed by atoms with Gasteiger partial charge in [0.15, 0.2) is 11.4 Å². The van der Waals surface area contributed by atoms with Gasteiger partial charge in [-0.2, -0.15) is 23.7 Å². The normalized spacial score (nSPS) is 10.5. The summed E-state index contributed by atoms with van der Waals surface area (Å²) < 4.78 is 41.6. The maximum Gasteiger partial charge on any atom is 1.00 e. The van der Waals surface area contributed by atoms with Crippen LogP contribution in [0.5, 0.6) is 0 Å². The third-order valence-electron chi connectivity index (χ3n) is 9.79. The molecular formula is C47H41BCl6LiN6O10S. The number of carboxylic acid groups (broad SMARTS) is 1. The standard InChI is InChI=1S/C16H12Cl2N2O2.C15H10Cl2N2O2.C15H12Cl2N2O.CH4O.B.Li.H2O4S.H/c1-22-16(21)15-12-4-2-3-5-14(12)20(19-15)9-10-6-7-11(17)8-13(10)18;16-10-6-5-9(12(17)7-10)8-19-13-4-2-1-3-11(13)14(18-19)15(20)21;16-11-6-5-10(13(17)7-11)8-19-15-4-2-1-3-12(15)14(9-20)18-19;1-2;;;1-5(2,3)4;/h2-8H,9H2,1H3;1-7H,8H2,(H,20,21);1-7,20H,8-9H2;2H,1H3;;;(H2,1,2,3,4);/q;;;;;+1;;-1. The average molecular weight is 1110 g/mol. The monoisotopic (exact) mass is 1110 g/mol. The fourth-order valence-electron chi connectivity index (χ4n) is 6.77. The number of rotatable bonds is 9. The molecule has 0 aliphatic heterocycles. The van der Waals surface area contributed by atoms with E-state index >= 15 is 0 Å². The van der Waals surface area contributed by atoms with Crippen LogP contribution in [0.2, 0.25) is 30.1 Å². The summed E-state index contributed by atoms with van der Waals surface area (Å²) in [5.41, 5.74) is 6.21. The molecule has 5 N–H and O–H groups in total. The number of benzene rings is 6. The Kier molecular flexibility index (Phi) is 24.1. The van der Waals surface area contributed by atoms with Crippen molar-refractivity contribution >= 4 is 133 Å². The molecule has 0 fully saturated rings. The number of carbonyl (C=O) groups excluding carboxylic acids is 1. The Hall–Kier alpha value is -5.14. The van der Waals surface area contributed by atoms with E-state index in [4.69, 9.17) is 97.0 Å². The van der Waals surface area contributed by atoms with Crippen LogP contribution in [0.1, 0.15) is 44.8 Å². The molecule has 3 radical (unpaired) electrons. The number of carbonyl (C=O) groups is 2. The summed E-state index contributed by atoms with van der Waals surface area (Å²) in [7, 11) is -2.33. The first-order valence-corrected chi connectivity index (χ1v) is 23.8. The Morgan fingerprint density at radius 1 is 0.569 bits per heavy atom. The van der Waals surface area contributed by atoms with Crippen molar-refractivity contribution in [3.05, 3.63) is 191 Å². The Bertz CT molecular complexity index is 3420. The number of nitrogens with zero attached hydrogens (tertiary/aromatic N) is 6. The van der Waals surface area contributed by atoms with Gasteiger partial charge >= 0.3 is 41.2 Å². The van der Waals surface area contributed by atoms with Gasteiger partial charge in [-0.3, -0.25) is 23.2 Å². The SMILES string of the molecule is CO.COC(=O)c1nn(Cc2ccc(Cl)cc2Cl)c2ccccc12.O=C(O)c1nn(Cc2ccc(Cl)cc2Cl)c2ccccc12.O=S(=O)(O)O.OCc1nn(Cc2ccc(Cl)cc2Cl)c2ccccc12.[B].[H-].[Li+]. The Morgan fingerprint density at radius 2 is 0.889 bits per heavy atom. The number of fused-ring (bicyclic) bond motifs is 3. The number of hydrogen-bond donors (Lipinski definition) is 5. The van der Waals surface area contributed by atoms with Crippen molar-refractivity contribution in [1.82, 2.24) is 29.3 Å². The zero-order valence-electron chi connectivity index (χ0n) is 39.2. The average Bonchev–Trinajstić information content (AvgIpc) is 4.01. The zero-order valence-corrected chi connectivity index (χ0v) is 43.5. The van der Waals surface area contributed by atoms with Gasteiger partial charge in [-0.1, -0.05) is 142 Å². The van der Waals surface area contributed by atoms with E-state index in [1.54, 1.807) is 57.9 Å². The fourth-order valence-corrected chi connectivity index (χ4v) is 8.17. The van der Waals surface area contributed by atoms with E-state index in [9.17, 15) is 19.8 Å². The quantitative estimate of drug-likeness (QED) is 0.0527. The van der Waals surface area contributed by atoms with Crippen molar-refractivity contribution < 1.29 is 67.5 Å². The van der Waals surface area contributed by atoms with Crippen LogP contribution in [0.15, 0.2) is 127 Å². The molecule has 3 aromatic heterocycles.